The van der Waals surface area contributed by atoms with E-state index < -0.39 is 10.0 Å². The Morgan fingerprint density at radius 1 is 0.964 bits per heavy atom. The molecule has 1 saturated heterocycles. The number of aromatic nitrogens is 2. The van der Waals surface area contributed by atoms with Gasteiger partial charge in [-0.2, -0.15) is 4.31 Å². The van der Waals surface area contributed by atoms with Gasteiger partial charge in [-0.25, -0.2) is 13.4 Å². The molecule has 0 saturated carbocycles. The zero-order chi connectivity index (χ0) is 19.7. The van der Waals surface area contributed by atoms with Crippen LogP contribution in [0.3, 0.4) is 0 Å². The van der Waals surface area contributed by atoms with Crippen LogP contribution in [-0.4, -0.2) is 53.2 Å². The van der Waals surface area contributed by atoms with Gasteiger partial charge in [0.05, 0.1) is 15.6 Å². The largest absolute Gasteiger partial charge is 0.305 e. The van der Waals surface area contributed by atoms with Gasteiger partial charge in [0.25, 0.3) is 0 Å². The number of pyridine rings is 1. The topological polar surface area (TPSA) is 57.9 Å². The average molecular weight is 439 g/mol. The molecule has 0 N–H and O–H groups in total. The Morgan fingerprint density at radius 2 is 1.82 bits per heavy atom. The van der Waals surface area contributed by atoms with E-state index in [9.17, 15) is 8.42 Å². The van der Waals surface area contributed by atoms with Crippen LogP contribution >= 0.6 is 23.2 Å². The van der Waals surface area contributed by atoms with Gasteiger partial charge in [0, 0.05) is 43.6 Å². The fraction of sp³-hybridized carbons (Fsp3) is 0.316. The SMILES string of the molecule is O=S(=O)(c1cccc(Cl)c1)N1CCCN(Cc2cn3cc(Cl)ccc3n2)CC1. The first-order valence-electron chi connectivity index (χ1n) is 9.03. The Hall–Kier alpha value is -1.64. The number of nitrogens with zero attached hydrogens (tertiary/aromatic N) is 4. The minimum atomic E-state index is -3.54. The molecule has 6 nitrogen and oxygen atoms in total. The predicted octanol–water partition coefficient (Wildman–Crippen LogP) is 3.54. The Kier molecular flexibility index (Phi) is 5.62. The standard InChI is InChI=1S/C19H20Cl2N4O2S/c20-15-3-1-4-18(11-15)28(26,27)25-8-2-7-23(9-10-25)13-17-14-24-12-16(21)5-6-19(24)22-17/h1,3-6,11-12,14H,2,7-10,13H2. The summed E-state index contributed by atoms with van der Waals surface area (Å²) in [6, 6.07) is 10.1. The van der Waals surface area contributed by atoms with E-state index in [1.165, 1.54) is 6.07 Å². The van der Waals surface area contributed by atoms with Crippen molar-refractivity contribution in [2.45, 2.75) is 17.9 Å². The van der Waals surface area contributed by atoms with Crippen molar-refractivity contribution in [2.24, 2.45) is 0 Å². The van der Waals surface area contributed by atoms with Crippen molar-refractivity contribution in [1.82, 2.24) is 18.6 Å². The van der Waals surface area contributed by atoms with E-state index in [0.717, 1.165) is 24.3 Å². The highest BCUT2D eigenvalue weighted by Crippen LogP contribution is 2.21. The van der Waals surface area contributed by atoms with E-state index in [2.05, 4.69) is 9.88 Å². The molecule has 4 rings (SSSR count). The molecule has 0 amide bonds. The average Bonchev–Trinajstić information content (AvgIpc) is 2.89. The van der Waals surface area contributed by atoms with Crippen LogP contribution in [-0.2, 0) is 16.6 Å². The lowest BCUT2D eigenvalue weighted by Crippen LogP contribution is -2.35. The lowest BCUT2D eigenvalue weighted by molar-refractivity contribution is 0.276. The Bertz CT molecular complexity index is 1100. The number of benzene rings is 1. The second-order valence-corrected chi connectivity index (χ2v) is 9.65. The first-order chi connectivity index (χ1) is 13.4. The first-order valence-corrected chi connectivity index (χ1v) is 11.2. The number of rotatable bonds is 4. The molecule has 0 spiro atoms. The highest BCUT2D eigenvalue weighted by atomic mass is 35.5. The van der Waals surface area contributed by atoms with Crippen molar-refractivity contribution < 1.29 is 8.42 Å². The Morgan fingerprint density at radius 3 is 2.64 bits per heavy atom. The molecule has 0 atom stereocenters. The molecule has 28 heavy (non-hydrogen) atoms. The normalized spacial score (nSPS) is 17.1. The van der Waals surface area contributed by atoms with Gasteiger partial charge in [0.2, 0.25) is 10.0 Å². The van der Waals surface area contributed by atoms with Crippen LogP contribution in [0.15, 0.2) is 53.7 Å². The van der Waals surface area contributed by atoms with Gasteiger partial charge in [-0.1, -0.05) is 29.3 Å². The second kappa shape index (κ2) is 8.00. The third kappa shape index (κ3) is 4.18. The van der Waals surface area contributed by atoms with E-state index in [4.69, 9.17) is 23.2 Å². The van der Waals surface area contributed by atoms with Crippen LogP contribution in [0.2, 0.25) is 10.0 Å². The molecule has 148 valence electrons. The van der Waals surface area contributed by atoms with E-state index in [1.807, 2.05) is 28.9 Å². The number of hydrogen-bond donors (Lipinski definition) is 0. The molecule has 0 radical (unpaired) electrons. The molecule has 1 aromatic carbocycles. The zero-order valence-electron chi connectivity index (χ0n) is 15.1. The number of imidazole rings is 1. The molecule has 3 aromatic rings. The number of hydrogen-bond acceptors (Lipinski definition) is 4. The third-order valence-corrected chi connectivity index (χ3v) is 7.19. The zero-order valence-corrected chi connectivity index (χ0v) is 17.5. The van der Waals surface area contributed by atoms with E-state index >= 15 is 0 Å². The summed E-state index contributed by atoms with van der Waals surface area (Å²) in [5.41, 5.74) is 1.78. The van der Waals surface area contributed by atoms with Gasteiger partial charge < -0.3 is 4.40 Å². The summed E-state index contributed by atoms with van der Waals surface area (Å²) in [6.45, 7) is 3.06. The first kappa shape index (κ1) is 19.7. The van der Waals surface area contributed by atoms with Crippen LogP contribution < -0.4 is 0 Å². The van der Waals surface area contributed by atoms with Gasteiger partial charge in [-0.3, -0.25) is 4.90 Å². The predicted molar refractivity (Wildman–Crippen MR) is 110 cm³/mol. The number of sulfonamides is 1. The summed E-state index contributed by atoms with van der Waals surface area (Å²) in [5.74, 6) is 0. The monoisotopic (exact) mass is 438 g/mol. The van der Waals surface area contributed by atoms with Crippen LogP contribution in [0.5, 0.6) is 0 Å². The van der Waals surface area contributed by atoms with Crippen molar-refractivity contribution in [1.29, 1.82) is 0 Å². The van der Waals surface area contributed by atoms with E-state index in [0.29, 0.717) is 36.2 Å². The van der Waals surface area contributed by atoms with Gasteiger partial charge in [-0.15, -0.1) is 0 Å². The van der Waals surface area contributed by atoms with Crippen LogP contribution in [0.1, 0.15) is 12.1 Å². The minimum Gasteiger partial charge on any atom is -0.305 e. The van der Waals surface area contributed by atoms with E-state index in [-0.39, 0.29) is 4.90 Å². The molecule has 1 fully saturated rings. The maximum Gasteiger partial charge on any atom is 0.243 e. The Balaban J connectivity index is 1.46. The maximum absolute atomic E-state index is 12.9. The summed E-state index contributed by atoms with van der Waals surface area (Å²) < 4.78 is 29.3. The fourth-order valence-electron chi connectivity index (χ4n) is 3.44. The quantitative estimate of drug-likeness (QED) is 0.624. The Labute approximate surface area is 174 Å². The van der Waals surface area contributed by atoms with Gasteiger partial charge in [0.1, 0.15) is 5.65 Å². The van der Waals surface area contributed by atoms with Gasteiger partial charge in [-0.05, 0) is 43.3 Å². The second-order valence-electron chi connectivity index (χ2n) is 6.84. The summed E-state index contributed by atoms with van der Waals surface area (Å²) >= 11 is 12.0. The molecule has 0 aliphatic carbocycles. The molecule has 1 aliphatic rings. The highest BCUT2D eigenvalue weighted by Gasteiger charge is 2.27. The molecule has 3 heterocycles. The van der Waals surface area contributed by atoms with Crippen molar-refractivity contribution in [3.8, 4) is 0 Å². The maximum atomic E-state index is 12.9. The lowest BCUT2D eigenvalue weighted by Gasteiger charge is -2.21. The highest BCUT2D eigenvalue weighted by molar-refractivity contribution is 7.89. The summed E-state index contributed by atoms with van der Waals surface area (Å²) in [6.07, 6.45) is 4.56. The van der Waals surface area contributed by atoms with Crippen LogP contribution in [0.25, 0.3) is 5.65 Å². The van der Waals surface area contributed by atoms with Gasteiger partial charge >= 0.3 is 0 Å². The molecular weight excluding hydrogens is 419 g/mol. The molecular formula is C19H20Cl2N4O2S. The minimum absolute atomic E-state index is 0.241. The summed E-state index contributed by atoms with van der Waals surface area (Å²) in [5, 5.41) is 1.08. The van der Waals surface area contributed by atoms with Crippen molar-refractivity contribution in [2.75, 3.05) is 26.2 Å². The van der Waals surface area contributed by atoms with Gasteiger partial charge in [0.15, 0.2) is 0 Å². The van der Waals surface area contributed by atoms with Crippen LogP contribution in [0.4, 0.5) is 0 Å². The number of halogens is 2. The fourth-order valence-corrected chi connectivity index (χ4v) is 5.38. The molecule has 9 heteroatoms. The molecule has 2 aromatic heterocycles. The van der Waals surface area contributed by atoms with Crippen molar-refractivity contribution in [3.63, 3.8) is 0 Å². The molecule has 0 bridgehead atoms. The third-order valence-electron chi connectivity index (χ3n) is 4.83. The lowest BCUT2D eigenvalue weighted by atomic mass is 10.3. The summed E-state index contributed by atoms with van der Waals surface area (Å²) in [7, 11) is -3.54. The van der Waals surface area contributed by atoms with Crippen molar-refractivity contribution in [3.05, 3.63) is 64.5 Å². The van der Waals surface area contributed by atoms with E-state index in [1.54, 1.807) is 22.5 Å². The molecule has 1 aliphatic heterocycles. The van der Waals surface area contributed by atoms with Crippen LogP contribution in [0, 0.1) is 0 Å². The summed E-state index contributed by atoms with van der Waals surface area (Å²) in [4.78, 5) is 7.09. The number of fused-ring (bicyclic) bond motifs is 1. The smallest absolute Gasteiger partial charge is 0.243 e. The van der Waals surface area contributed by atoms with Crippen molar-refractivity contribution >= 4 is 38.9 Å². The molecule has 0 unspecified atom stereocenters.